The number of ether oxygens (including phenoxy) is 1. The molecule has 4 nitrogen and oxygen atoms in total. The molecule has 4 rings (SSSR count). The van der Waals surface area contributed by atoms with Crippen LogP contribution in [0.25, 0.3) is 16.9 Å². The van der Waals surface area contributed by atoms with Gasteiger partial charge < -0.3 is 27.0 Å². The van der Waals surface area contributed by atoms with Gasteiger partial charge in [0.25, 0.3) is 5.82 Å². The smallest absolute Gasteiger partial charge is 0.262 e. The van der Waals surface area contributed by atoms with Gasteiger partial charge in [-0.15, -0.1) is 0 Å². The number of hydrogen-bond acceptors (Lipinski definition) is 2. The summed E-state index contributed by atoms with van der Waals surface area (Å²) in [6.45, 7) is 3.80. The monoisotopic (exact) mass is 441 g/mol. The lowest BCUT2D eigenvalue weighted by atomic mass is 10.1. The summed E-state index contributed by atoms with van der Waals surface area (Å²) >= 11 is 0. The minimum atomic E-state index is 0. The molecule has 2 heterocycles. The minimum Gasteiger partial charge on any atom is -1.00 e. The molecule has 0 unspecified atom stereocenters. The van der Waals surface area contributed by atoms with Gasteiger partial charge in [-0.2, -0.15) is 4.57 Å². The van der Waals surface area contributed by atoms with Gasteiger partial charge in [-0.3, -0.25) is 0 Å². The Morgan fingerprint density at radius 1 is 1.00 bits per heavy atom. The molecule has 148 valence electrons. The third-order valence-corrected chi connectivity index (χ3v) is 5.31. The zero-order chi connectivity index (χ0) is 18.6. The summed E-state index contributed by atoms with van der Waals surface area (Å²) in [5, 5.41) is 3.20. The third-order valence-electron chi connectivity index (χ3n) is 5.31. The van der Waals surface area contributed by atoms with Crippen molar-refractivity contribution in [2.75, 3.05) is 19.0 Å². The molecule has 1 aliphatic rings. The van der Waals surface area contributed by atoms with Crippen molar-refractivity contribution in [1.82, 2.24) is 4.57 Å². The Balaban J connectivity index is 0.00000225. The summed E-state index contributed by atoms with van der Waals surface area (Å²) in [4.78, 5) is 0. The molecule has 0 spiro atoms. The highest BCUT2D eigenvalue weighted by Gasteiger charge is 2.26. The van der Waals surface area contributed by atoms with Crippen LogP contribution in [0.4, 0.5) is 5.69 Å². The van der Waals surface area contributed by atoms with Crippen molar-refractivity contribution in [2.45, 2.75) is 39.2 Å². The van der Waals surface area contributed by atoms with Gasteiger partial charge in [0.1, 0.15) is 17.6 Å². The molecule has 1 aromatic heterocycles. The molecule has 0 amide bonds. The number of hydrogen-bond donors (Lipinski definition) is 1. The fraction of sp³-hybridized carbons (Fsp3) is 0.348. The molecule has 28 heavy (non-hydrogen) atoms. The van der Waals surface area contributed by atoms with E-state index in [9.17, 15) is 0 Å². The van der Waals surface area contributed by atoms with Gasteiger partial charge in [0.15, 0.2) is 5.69 Å². The van der Waals surface area contributed by atoms with Crippen molar-refractivity contribution in [3.8, 4) is 22.7 Å². The van der Waals surface area contributed by atoms with Gasteiger partial charge in [0.05, 0.1) is 13.2 Å². The van der Waals surface area contributed by atoms with Crippen molar-refractivity contribution >= 4 is 5.69 Å². The van der Waals surface area contributed by atoms with Crippen molar-refractivity contribution < 1.29 is 26.3 Å². The molecule has 3 aromatic rings. The molecule has 1 N–H and O–H groups in total. The van der Waals surface area contributed by atoms with E-state index in [0.717, 1.165) is 24.4 Å². The predicted molar refractivity (Wildman–Crippen MR) is 110 cm³/mol. The van der Waals surface area contributed by atoms with Crippen molar-refractivity contribution in [3.05, 3.63) is 60.6 Å². The van der Waals surface area contributed by atoms with Gasteiger partial charge in [-0.05, 0) is 74.7 Å². The maximum absolute atomic E-state index is 5.61. The van der Waals surface area contributed by atoms with E-state index in [1.54, 1.807) is 0 Å². The lowest BCUT2D eigenvalue weighted by Gasteiger charge is -2.05. The Labute approximate surface area is 177 Å². The van der Waals surface area contributed by atoms with Gasteiger partial charge in [-0.1, -0.05) is 0 Å². The van der Waals surface area contributed by atoms with E-state index in [-0.39, 0.29) is 17.0 Å². The van der Waals surface area contributed by atoms with Crippen LogP contribution in [0, 0.1) is 0 Å². The van der Waals surface area contributed by atoms with Crippen molar-refractivity contribution in [3.63, 3.8) is 0 Å². The first kappa shape index (κ1) is 20.5. The normalized spacial score (nSPS) is 13.2. The van der Waals surface area contributed by atoms with Crippen LogP contribution in [0.3, 0.4) is 0 Å². The van der Waals surface area contributed by atoms with E-state index >= 15 is 0 Å². The van der Waals surface area contributed by atoms with Crippen LogP contribution in [0.5, 0.6) is 5.75 Å². The van der Waals surface area contributed by atoms with Crippen LogP contribution in [-0.2, 0) is 13.0 Å². The van der Waals surface area contributed by atoms with E-state index in [4.69, 9.17) is 4.74 Å². The van der Waals surface area contributed by atoms with E-state index in [2.05, 4.69) is 69.2 Å². The number of aromatic nitrogens is 2. The van der Waals surface area contributed by atoms with Crippen LogP contribution >= 0.6 is 0 Å². The maximum Gasteiger partial charge on any atom is 0.262 e. The standard InChI is InChI=1S/C23H28N3O.BrH/c1-3-27-21-14-12-20(13-15-21)26-17-22(18-8-10-19(24-2)11-9-18)25-16-6-4-5-7-23(25)26;/h8-15,17,24H,3-7,16H2,1-2H3;1H/q+1;/p-1. The van der Waals surface area contributed by atoms with E-state index < -0.39 is 0 Å². The maximum atomic E-state index is 5.61. The van der Waals surface area contributed by atoms with Crippen molar-refractivity contribution in [2.24, 2.45) is 0 Å². The first-order valence-electron chi connectivity index (χ1n) is 9.95. The molecule has 0 aliphatic carbocycles. The lowest BCUT2D eigenvalue weighted by Crippen LogP contribution is -3.00. The van der Waals surface area contributed by atoms with E-state index in [1.165, 1.54) is 42.0 Å². The molecule has 0 bridgehead atoms. The Kier molecular flexibility index (Phi) is 6.79. The number of rotatable bonds is 5. The molecule has 0 fully saturated rings. The topological polar surface area (TPSA) is 30.1 Å². The summed E-state index contributed by atoms with van der Waals surface area (Å²) in [6.07, 6.45) is 7.20. The summed E-state index contributed by atoms with van der Waals surface area (Å²) < 4.78 is 10.5. The second kappa shape index (κ2) is 9.28. The van der Waals surface area contributed by atoms with E-state index in [1.807, 2.05) is 14.0 Å². The fourth-order valence-corrected chi connectivity index (χ4v) is 3.90. The summed E-state index contributed by atoms with van der Waals surface area (Å²) in [5.74, 6) is 2.32. The Bertz CT molecular complexity index is 901. The highest BCUT2D eigenvalue weighted by molar-refractivity contribution is 5.60. The van der Waals surface area contributed by atoms with Crippen molar-refractivity contribution in [1.29, 1.82) is 0 Å². The highest BCUT2D eigenvalue weighted by atomic mass is 79.9. The number of imidazole rings is 1. The first-order chi connectivity index (χ1) is 13.3. The number of anilines is 1. The highest BCUT2D eigenvalue weighted by Crippen LogP contribution is 2.25. The molecular weight excluding hydrogens is 414 g/mol. The quantitative estimate of drug-likeness (QED) is 0.609. The molecule has 5 heteroatoms. The first-order valence-corrected chi connectivity index (χ1v) is 9.95. The Morgan fingerprint density at radius 3 is 2.43 bits per heavy atom. The molecule has 1 aliphatic heterocycles. The van der Waals surface area contributed by atoms with Crippen LogP contribution in [0.2, 0.25) is 0 Å². The molecular formula is C23H28BrN3O. The molecule has 0 saturated carbocycles. The molecule has 0 saturated heterocycles. The van der Waals surface area contributed by atoms with Crippen LogP contribution in [0.15, 0.2) is 54.7 Å². The Morgan fingerprint density at radius 2 is 1.75 bits per heavy atom. The van der Waals surface area contributed by atoms with Crippen LogP contribution < -0.4 is 31.6 Å². The largest absolute Gasteiger partial charge is 1.00 e. The number of nitrogens with zero attached hydrogens (tertiary/aromatic N) is 2. The van der Waals surface area contributed by atoms with Crippen LogP contribution in [0.1, 0.15) is 32.0 Å². The second-order valence-corrected chi connectivity index (χ2v) is 7.02. The number of nitrogens with one attached hydrogen (secondary N) is 1. The average molecular weight is 442 g/mol. The second-order valence-electron chi connectivity index (χ2n) is 7.02. The zero-order valence-corrected chi connectivity index (χ0v) is 18.2. The van der Waals surface area contributed by atoms with Gasteiger partial charge >= 0.3 is 0 Å². The summed E-state index contributed by atoms with van der Waals surface area (Å²) in [7, 11) is 1.96. The number of benzene rings is 2. The fourth-order valence-electron chi connectivity index (χ4n) is 3.90. The lowest BCUT2D eigenvalue weighted by molar-refractivity contribution is -0.692. The molecule has 2 aromatic carbocycles. The summed E-state index contributed by atoms with van der Waals surface area (Å²) in [5.41, 5.74) is 4.90. The third kappa shape index (κ3) is 4.09. The van der Waals surface area contributed by atoms with Crippen LogP contribution in [-0.4, -0.2) is 18.2 Å². The van der Waals surface area contributed by atoms with E-state index in [0.29, 0.717) is 6.61 Å². The SMILES string of the molecule is CCOc1ccc(-n2cc(-c3ccc(NC)cc3)[n+]3c2CCCCC3)cc1.[Br-]. The Hall–Kier alpha value is -2.27. The van der Waals surface area contributed by atoms with Gasteiger partial charge in [0, 0.05) is 24.7 Å². The molecule has 0 radical (unpaired) electrons. The summed E-state index contributed by atoms with van der Waals surface area (Å²) in [6, 6.07) is 17.2. The predicted octanol–water partition coefficient (Wildman–Crippen LogP) is 1.60. The molecule has 0 atom stereocenters. The van der Waals surface area contributed by atoms with Gasteiger partial charge in [-0.25, -0.2) is 4.57 Å². The average Bonchev–Trinajstić information content (AvgIpc) is 2.90. The number of halogens is 1. The minimum absolute atomic E-state index is 0. The van der Waals surface area contributed by atoms with Gasteiger partial charge in [0.2, 0.25) is 0 Å². The zero-order valence-electron chi connectivity index (χ0n) is 16.6. The number of fused-ring (bicyclic) bond motifs is 1.